The number of nitrogens with zero attached hydrogens (tertiary/aromatic N) is 3. The van der Waals surface area contributed by atoms with Crippen molar-refractivity contribution in [2.75, 3.05) is 59.6 Å². The van der Waals surface area contributed by atoms with E-state index in [-0.39, 0.29) is 38.1 Å². The summed E-state index contributed by atoms with van der Waals surface area (Å²) in [6.45, 7) is 14.2. The molecule has 0 saturated carbocycles. The van der Waals surface area contributed by atoms with Gasteiger partial charge in [0.15, 0.2) is 0 Å². The fourth-order valence-corrected chi connectivity index (χ4v) is 5.82. The number of hydrogen-bond donors (Lipinski definition) is 4. The topological polar surface area (TPSA) is 125 Å². The van der Waals surface area contributed by atoms with E-state index in [1.807, 2.05) is 43.3 Å². The molecule has 0 aromatic heterocycles. The van der Waals surface area contributed by atoms with Gasteiger partial charge in [-0.15, -0.1) is 0 Å². The second-order valence-corrected chi connectivity index (χ2v) is 14.3. The Morgan fingerprint density at radius 2 is 1.45 bits per heavy atom. The number of carbonyl (C=O) groups excluding carboxylic acids is 1. The van der Waals surface area contributed by atoms with Crippen LogP contribution in [-0.4, -0.2) is 123 Å². The van der Waals surface area contributed by atoms with Gasteiger partial charge in [0.05, 0.1) is 24.9 Å². The van der Waals surface area contributed by atoms with E-state index >= 15 is 0 Å². The number of hydrogen-bond acceptors (Lipinski definition) is 8. The highest BCUT2D eigenvalue weighted by atomic mass is 32.2. The lowest BCUT2D eigenvalue weighted by Crippen LogP contribution is -2.48. The SMILES string of the molecule is C.CC(C)[C@@H](CN1CC[C@H](O)C1)N(C)C(=O)Cc1ccc(CNS(C)(=O)=O)cc1.CN[C@H](CN1CC[C@H](O)C1)C(C)C. The van der Waals surface area contributed by atoms with E-state index in [1.54, 1.807) is 0 Å². The van der Waals surface area contributed by atoms with E-state index in [9.17, 15) is 23.4 Å². The molecule has 1 amide bonds. The van der Waals surface area contributed by atoms with Crippen LogP contribution < -0.4 is 10.0 Å². The molecule has 0 bridgehead atoms. The summed E-state index contributed by atoms with van der Waals surface area (Å²) >= 11 is 0. The molecule has 0 aliphatic carbocycles. The highest BCUT2D eigenvalue weighted by Gasteiger charge is 2.29. The first-order chi connectivity index (χ1) is 19.2. The predicted octanol–water partition coefficient (Wildman–Crippen LogP) is 1.76. The van der Waals surface area contributed by atoms with Crippen molar-refractivity contribution >= 4 is 15.9 Å². The Morgan fingerprint density at radius 3 is 1.86 bits per heavy atom. The predicted molar refractivity (Wildman–Crippen MR) is 172 cm³/mol. The maximum Gasteiger partial charge on any atom is 0.227 e. The van der Waals surface area contributed by atoms with Gasteiger partial charge in [-0.05, 0) is 42.9 Å². The van der Waals surface area contributed by atoms with Gasteiger partial charge in [0.2, 0.25) is 15.9 Å². The molecule has 244 valence electrons. The van der Waals surface area contributed by atoms with Gasteiger partial charge in [0.25, 0.3) is 0 Å². The first-order valence-corrected chi connectivity index (χ1v) is 16.8. The molecule has 11 heteroatoms. The smallest absolute Gasteiger partial charge is 0.227 e. The summed E-state index contributed by atoms with van der Waals surface area (Å²) in [7, 11) is 0.638. The number of sulfonamides is 1. The van der Waals surface area contributed by atoms with E-state index < -0.39 is 10.0 Å². The lowest BCUT2D eigenvalue weighted by Gasteiger charge is -2.34. The van der Waals surface area contributed by atoms with E-state index in [0.29, 0.717) is 30.8 Å². The summed E-state index contributed by atoms with van der Waals surface area (Å²) in [5.41, 5.74) is 1.75. The number of amides is 1. The van der Waals surface area contributed by atoms with E-state index in [2.05, 4.69) is 47.5 Å². The van der Waals surface area contributed by atoms with Gasteiger partial charge in [0, 0.05) is 64.9 Å². The van der Waals surface area contributed by atoms with Crippen LogP contribution in [-0.2, 0) is 27.8 Å². The minimum Gasteiger partial charge on any atom is -0.392 e. The molecule has 2 aliphatic rings. The van der Waals surface area contributed by atoms with E-state index in [1.165, 1.54) is 0 Å². The molecule has 3 rings (SSSR count). The van der Waals surface area contributed by atoms with Crippen LogP contribution >= 0.6 is 0 Å². The molecule has 1 aromatic carbocycles. The number of rotatable bonds is 13. The molecule has 0 spiro atoms. The van der Waals surface area contributed by atoms with Crippen LogP contribution in [0.5, 0.6) is 0 Å². The third kappa shape index (κ3) is 13.8. The van der Waals surface area contributed by atoms with Crippen molar-refractivity contribution in [2.45, 2.75) is 85.2 Å². The number of aliphatic hydroxyl groups is 2. The zero-order chi connectivity index (χ0) is 30.7. The molecule has 2 fully saturated rings. The molecule has 42 heavy (non-hydrogen) atoms. The van der Waals surface area contributed by atoms with Crippen molar-refractivity contribution in [3.8, 4) is 0 Å². The fraction of sp³-hybridized carbons (Fsp3) is 0.774. The normalized spacial score (nSPS) is 21.1. The molecule has 1 aromatic rings. The van der Waals surface area contributed by atoms with Gasteiger partial charge < -0.3 is 20.4 Å². The number of likely N-dealkylation sites (N-methyl/N-ethyl adjacent to an activating group) is 2. The molecular weight excluding hydrogens is 554 g/mol. The Hall–Kier alpha value is -1.60. The van der Waals surface area contributed by atoms with Crippen molar-refractivity contribution in [3.05, 3.63) is 35.4 Å². The van der Waals surface area contributed by atoms with Gasteiger partial charge in [-0.1, -0.05) is 59.4 Å². The Labute approximate surface area is 255 Å². The molecule has 2 aliphatic heterocycles. The largest absolute Gasteiger partial charge is 0.392 e. The second-order valence-electron chi connectivity index (χ2n) is 12.4. The highest BCUT2D eigenvalue weighted by Crippen LogP contribution is 2.17. The monoisotopic (exact) mass is 613 g/mol. The third-order valence-electron chi connectivity index (χ3n) is 8.15. The molecule has 2 saturated heterocycles. The van der Waals surface area contributed by atoms with Crippen molar-refractivity contribution in [2.24, 2.45) is 11.8 Å². The number of likely N-dealkylation sites (tertiary alicyclic amines) is 2. The highest BCUT2D eigenvalue weighted by molar-refractivity contribution is 7.88. The number of carbonyl (C=O) groups is 1. The molecule has 0 unspecified atom stereocenters. The lowest BCUT2D eigenvalue weighted by molar-refractivity contribution is -0.132. The molecule has 10 nitrogen and oxygen atoms in total. The average Bonchev–Trinajstić information content (AvgIpc) is 3.51. The van der Waals surface area contributed by atoms with Gasteiger partial charge in [-0.25, -0.2) is 13.1 Å². The van der Waals surface area contributed by atoms with Crippen molar-refractivity contribution in [3.63, 3.8) is 0 Å². The Morgan fingerprint density at radius 1 is 0.952 bits per heavy atom. The number of benzene rings is 1. The molecule has 4 atom stereocenters. The summed E-state index contributed by atoms with van der Waals surface area (Å²) in [4.78, 5) is 19.2. The Balaban J connectivity index is 0.000000529. The Kier molecular flexibility index (Phi) is 16.7. The fourth-order valence-electron chi connectivity index (χ4n) is 5.39. The second kappa shape index (κ2) is 18.3. The maximum absolute atomic E-state index is 12.8. The zero-order valence-corrected chi connectivity index (χ0v) is 27.0. The van der Waals surface area contributed by atoms with Crippen molar-refractivity contribution in [1.29, 1.82) is 0 Å². The number of β-amino-alcohol motifs (C(OH)–C–C–N with tert-alkyl or cyclic N) is 2. The first-order valence-electron chi connectivity index (χ1n) is 14.9. The van der Waals surface area contributed by atoms with Gasteiger partial charge in [0.1, 0.15) is 0 Å². The average molecular weight is 614 g/mol. The van der Waals surface area contributed by atoms with Crippen molar-refractivity contribution in [1.82, 2.24) is 24.7 Å². The zero-order valence-electron chi connectivity index (χ0n) is 26.2. The third-order valence-corrected chi connectivity index (χ3v) is 8.82. The Bertz CT molecular complexity index is 1020. The van der Waals surface area contributed by atoms with E-state index in [4.69, 9.17) is 0 Å². The molecular formula is C31H59N5O5S. The van der Waals surface area contributed by atoms with Crippen LogP contribution in [0.25, 0.3) is 0 Å². The summed E-state index contributed by atoms with van der Waals surface area (Å²) in [5, 5.41) is 22.4. The van der Waals surface area contributed by atoms with Crippen LogP contribution in [0.4, 0.5) is 0 Å². The van der Waals surface area contributed by atoms with E-state index in [0.717, 1.165) is 62.9 Å². The molecule has 2 heterocycles. The summed E-state index contributed by atoms with van der Waals surface area (Å²) < 4.78 is 24.8. The summed E-state index contributed by atoms with van der Waals surface area (Å²) in [5.74, 6) is 1.03. The minimum atomic E-state index is -3.22. The summed E-state index contributed by atoms with van der Waals surface area (Å²) in [6, 6.07) is 8.05. The lowest BCUT2D eigenvalue weighted by atomic mass is 10.0. The summed E-state index contributed by atoms with van der Waals surface area (Å²) in [6.07, 6.45) is 2.82. The van der Waals surface area contributed by atoms with Crippen LogP contribution in [0.3, 0.4) is 0 Å². The first kappa shape index (κ1) is 38.4. The van der Waals surface area contributed by atoms with Gasteiger partial charge in [-0.3, -0.25) is 14.6 Å². The number of aliphatic hydroxyl groups excluding tert-OH is 2. The van der Waals surface area contributed by atoms with Crippen LogP contribution in [0, 0.1) is 11.8 Å². The quantitative estimate of drug-likeness (QED) is 0.265. The van der Waals surface area contributed by atoms with Crippen LogP contribution in [0.1, 0.15) is 59.1 Å². The number of nitrogens with one attached hydrogen (secondary N) is 2. The standard InChI is InChI=1S/C20H33N3O4S.C10H22N2O.CH4/c1-15(2)19(14-23-10-9-18(24)13-23)22(3)20(25)11-16-5-7-17(8-6-16)12-21-28(4,26)27;1-8(2)10(11-3)7-12-5-4-9(13)6-12;/h5-8,15,18-19,21,24H,9-14H2,1-4H3;8-11,13H,4-7H2,1-3H3;1H4/t18-,19+;9-,10+;/m00./s1. The van der Waals surface area contributed by atoms with Crippen LogP contribution in [0.2, 0.25) is 0 Å². The van der Waals surface area contributed by atoms with Gasteiger partial charge in [-0.2, -0.15) is 0 Å². The van der Waals surface area contributed by atoms with Gasteiger partial charge >= 0.3 is 0 Å². The van der Waals surface area contributed by atoms with Crippen molar-refractivity contribution < 1.29 is 23.4 Å². The maximum atomic E-state index is 12.8. The minimum absolute atomic E-state index is 0. The van der Waals surface area contributed by atoms with Crippen LogP contribution in [0.15, 0.2) is 24.3 Å². The molecule has 4 N–H and O–H groups in total. The molecule has 0 radical (unpaired) electrons.